The summed E-state index contributed by atoms with van der Waals surface area (Å²) in [4.78, 5) is 43.4. The fourth-order valence-corrected chi connectivity index (χ4v) is 4.27. The molecule has 0 saturated carbocycles. The van der Waals surface area contributed by atoms with Crippen molar-refractivity contribution in [1.82, 2.24) is 14.4 Å². The first-order valence-electron chi connectivity index (χ1n) is 11.2. The Kier molecular flexibility index (Phi) is 7.87. The molecule has 7 heteroatoms. The number of ketones is 1. The van der Waals surface area contributed by atoms with Crippen molar-refractivity contribution in [2.75, 3.05) is 32.7 Å². The van der Waals surface area contributed by atoms with Gasteiger partial charge in [0.15, 0.2) is 11.8 Å². The van der Waals surface area contributed by atoms with Crippen LogP contribution in [0.3, 0.4) is 0 Å². The standard InChI is InChI=1S/C27H26BrN3O3/c28-23-13-11-22(12-14-23)26(33)25(31-16-5-4-10-24(31)32)27(34)30-19-17-29(18-20-30)15-6-9-21-7-2-1-3-8-21/h1-14,16,25H,15,17-20H2/b9-6+. The van der Waals surface area contributed by atoms with Crippen LogP contribution in [0.5, 0.6) is 0 Å². The van der Waals surface area contributed by atoms with Crippen LogP contribution < -0.4 is 5.56 Å². The summed E-state index contributed by atoms with van der Waals surface area (Å²) in [6.45, 7) is 3.20. The molecule has 0 aliphatic carbocycles. The van der Waals surface area contributed by atoms with Crippen molar-refractivity contribution in [3.63, 3.8) is 0 Å². The number of carbonyl (C=O) groups excluding carboxylic acids is 2. The molecule has 1 saturated heterocycles. The van der Waals surface area contributed by atoms with Gasteiger partial charge in [-0.15, -0.1) is 0 Å². The molecule has 1 aliphatic heterocycles. The van der Waals surface area contributed by atoms with Gasteiger partial charge in [0.25, 0.3) is 11.5 Å². The molecule has 3 aromatic rings. The maximum absolute atomic E-state index is 13.5. The molecule has 2 aromatic carbocycles. The Bertz CT molecular complexity index is 1210. The van der Waals surface area contributed by atoms with E-state index in [0.717, 1.165) is 16.6 Å². The van der Waals surface area contributed by atoms with Crippen LogP contribution in [0.15, 0.2) is 94.3 Å². The molecule has 1 atom stereocenters. The average molecular weight is 520 g/mol. The minimum atomic E-state index is -1.22. The summed E-state index contributed by atoms with van der Waals surface area (Å²) in [6, 6.07) is 20.4. The summed E-state index contributed by atoms with van der Waals surface area (Å²) in [5, 5.41) is 0. The summed E-state index contributed by atoms with van der Waals surface area (Å²) >= 11 is 3.37. The number of piperazine rings is 1. The third-order valence-electron chi connectivity index (χ3n) is 5.90. The molecule has 1 fully saturated rings. The predicted octanol–water partition coefficient (Wildman–Crippen LogP) is 3.89. The number of halogens is 1. The van der Waals surface area contributed by atoms with Crippen molar-refractivity contribution in [1.29, 1.82) is 0 Å². The van der Waals surface area contributed by atoms with Crippen molar-refractivity contribution in [2.24, 2.45) is 0 Å². The fraction of sp³-hybridized carbons (Fsp3) is 0.222. The van der Waals surface area contributed by atoms with Gasteiger partial charge in [0, 0.05) is 55.0 Å². The second-order valence-electron chi connectivity index (χ2n) is 8.16. The molecule has 6 nitrogen and oxygen atoms in total. The summed E-state index contributed by atoms with van der Waals surface area (Å²) < 4.78 is 2.07. The van der Waals surface area contributed by atoms with Crippen molar-refractivity contribution in [3.8, 4) is 0 Å². The summed E-state index contributed by atoms with van der Waals surface area (Å²) in [5.74, 6) is -0.736. The molecule has 0 N–H and O–H groups in total. The van der Waals surface area contributed by atoms with Crippen molar-refractivity contribution in [2.45, 2.75) is 6.04 Å². The van der Waals surface area contributed by atoms with Gasteiger partial charge in [-0.3, -0.25) is 23.9 Å². The van der Waals surface area contributed by atoms with E-state index in [1.54, 1.807) is 41.3 Å². The highest BCUT2D eigenvalue weighted by Crippen LogP contribution is 2.20. The number of amides is 1. The van der Waals surface area contributed by atoms with E-state index < -0.39 is 6.04 Å². The summed E-state index contributed by atoms with van der Waals surface area (Å²) in [6.07, 6.45) is 5.72. The Morgan fingerprint density at radius 1 is 0.882 bits per heavy atom. The van der Waals surface area contributed by atoms with Crippen LogP contribution in [0.1, 0.15) is 22.0 Å². The Morgan fingerprint density at radius 2 is 1.56 bits per heavy atom. The zero-order chi connectivity index (χ0) is 23.9. The third-order valence-corrected chi connectivity index (χ3v) is 6.43. The quantitative estimate of drug-likeness (QED) is 0.351. The zero-order valence-corrected chi connectivity index (χ0v) is 20.3. The number of nitrogens with zero attached hydrogens (tertiary/aromatic N) is 3. The first kappa shape index (κ1) is 23.9. The molecule has 0 radical (unpaired) electrons. The van der Waals surface area contributed by atoms with Crippen LogP contribution in [0.4, 0.5) is 0 Å². The number of aromatic nitrogens is 1. The topological polar surface area (TPSA) is 62.6 Å². The smallest absolute Gasteiger partial charge is 0.253 e. The van der Waals surface area contributed by atoms with Crippen LogP contribution in [0.2, 0.25) is 0 Å². The highest BCUT2D eigenvalue weighted by atomic mass is 79.9. The molecule has 1 unspecified atom stereocenters. The van der Waals surface area contributed by atoms with E-state index in [4.69, 9.17) is 0 Å². The molecule has 0 spiro atoms. The number of hydrogen-bond acceptors (Lipinski definition) is 4. The number of Topliss-reactive ketones (excluding diaryl/α,β-unsaturated/α-hetero) is 1. The minimum Gasteiger partial charge on any atom is -0.338 e. The van der Waals surface area contributed by atoms with E-state index in [9.17, 15) is 14.4 Å². The maximum atomic E-state index is 13.5. The third kappa shape index (κ3) is 5.79. The van der Waals surface area contributed by atoms with Gasteiger partial charge in [0.1, 0.15) is 0 Å². The number of rotatable bonds is 7. The van der Waals surface area contributed by atoms with Crippen LogP contribution in [-0.2, 0) is 4.79 Å². The van der Waals surface area contributed by atoms with Crippen molar-refractivity contribution in [3.05, 3.63) is 111 Å². The number of carbonyl (C=O) groups is 2. The Labute approximate surface area is 207 Å². The highest BCUT2D eigenvalue weighted by molar-refractivity contribution is 9.10. The summed E-state index contributed by atoms with van der Waals surface area (Å²) in [5.41, 5.74) is 1.16. The largest absolute Gasteiger partial charge is 0.338 e. The lowest BCUT2D eigenvalue weighted by Gasteiger charge is -2.36. The minimum absolute atomic E-state index is 0.347. The lowest BCUT2D eigenvalue weighted by Crippen LogP contribution is -2.52. The second kappa shape index (κ2) is 11.2. The van der Waals surface area contributed by atoms with Gasteiger partial charge in [0.05, 0.1) is 0 Å². The van der Waals surface area contributed by atoms with Crippen LogP contribution in [0, 0.1) is 0 Å². The van der Waals surface area contributed by atoms with Gasteiger partial charge in [-0.1, -0.05) is 76.6 Å². The van der Waals surface area contributed by atoms with Gasteiger partial charge in [-0.2, -0.15) is 0 Å². The molecular formula is C27H26BrN3O3. The van der Waals surface area contributed by atoms with Gasteiger partial charge in [-0.25, -0.2) is 0 Å². The van der Waals surface area contributed by atoms with E-state index in [1.165, 1.54) is 16.8 Å². The Balaban J connectivity index is 1.46. The van der Waals surface area contributed by atoms with Gasteiger partial charge in [-0.05, 0) is 23.8 Å². The first-order chi connectivity index (χ1) is 16.5. The maximum Gasteiger partial charge on any atom is 0.253 e. The zero-order valence-electron chi connectivity index (χ0n) is 18.7. The number of hydrogen-bond donors (Lipinski definition) is 0. The molecular weight excluding hydrogens is 494 g/mol. The Hall–Kier alpha value is -3.29. The lowest BCUT2D eigenvalue weighted by atomic mass is 10.0. The van der Waals surface area contributed by atoms with Crippen molar-refractivity contribution >= 4 is 33.7 Å². The van der Waals surface area contributed by atoms with E-state index >= 15 is 0 Å². The van der Waals surface area contributed by atoms with Crippen LogP contribution >= 0.6 is 15.9 Å². The molecule has 34 heavy (non-hydrogen) atoms. The van der Waals surface area contributed by atoms with Gasteiger partial charge in [0.2, 0.25) is 0 Å². The van der Waals surface area contributed by atoms with E-state index in [0.29, 0.717) is 31.7 Å². The fourth-order valence-electron chi connectivity index (χ4n) is 4.01. The predicted molar refractivity (Wildman–Crippen MR) is 137 cm³/mol. The second-order valence-corrected chi connectivity index (χ2v) is 9.07. The van der Waals surface area contributed by atoms with E-state index in [2.05, 4.69) is 45.1 Å². The molecule has 4 rings (SSSR count). The first-order valence-corrected chi connectivity index (χ1v) is 12.0. The molecule has 1 aromatic heterocycles. The van der Waals surface area contributed by atoms with Crippen LogP contribution in [0.25, 0.3) is 6.08 Å². The van der Waals surface area contributed by atoms with E-state index in [-0.39, 0.29) is 17.2 Å². The highest BCUT2D eigenvalue weighted by Gasteiger charge is 2.34. The van der Waals surface area contributed by atoms with Crippen molar-refractivity contribution < 1.29 is 9.59 Å². The van der Waals surface area contributed by atoms with Gasteiger partial charge < -0.3 is 4.90 Å². The normalized spacial score (nSPS) is 15.4. The van der Waals surface area contributed by atoms with E-state index in [1.807, 2.05) is 18.2 Å². The molecule has 1 aliphatic rings. The number of pyridine rings is 1. The molecule has 2 heterocycles. The summed E-state index contributed by atoms with van der Waals surface area (Å²) in [7, 11) is 0. The van der Waals surface area contributed by atoms with Crippen LogP contribution in [-0.4, -0.2) is 58.8 Å². The molecule has 1 amide bonds. The monoisotopic (exact) mass is 519 g/mol. The average Bonchev–Trinajstić information content (AvgIpc) is 2.87. The number of benzene rings is 2. The molecule has 174 valence electrons. The Morgan fingerprint density at radius 3 is 2.24 bits per heavy atom. The lowest BCUT2D eigenvalue weighted by molar-refractivity contribution is -0.135. The SMILES string of the molecule is O=C(c1ccc(Br)cc1)C(C(=O)N1CCN(C/C=C/c2ccccc2)CC1)n1ccccc1=O. The van der Waals surface area contributed by atoms with Gasteiger partial charge >= 0.3 is 0 Å². The molecule has 0 bridgehead atoms.